The Morgan fingerprint density at radius 2 is 1.71 bits per heavy atom. The van der Waals surface area contributed by atoms with Gasteiger partial charge in [0.1, 0.15) is 11.9 Å². The maximum Gasteiger partial charge on any atom is 0.419 e. The van der Waals surface area contributed by atoms with Gasteiger partial charge in [0.05, 0.1) is 11.1 Å². The Morgan fingerprint density at radius 3 is 2.14 bits per heavy atom. The molecule has 0 radical (unpaired) electrons. The van der Waals surface area contributed by atoms with Crippen LogP contribution in [0.3, 0.4) is 0 Å². The van der Waals surface area contributed by atoms with E-state index in [1.165, 1.54) is 0 Å². The summed E-state index contributed by atoms with van der Waals surface area (Å²) in [5, 5.41) is 8.21. The highest BCUT2D eigenvalue weighted by Crippen LogP contribution is 2.32. The van der Waals surface area contributed by atoms with Crippen molar-refractivity contribution in [2.45, 2.75) is 6.18 Å². The molecule has 6 heteroatoms. The summed E-state index contributed by atoms with van der Waals surface area (Å²) in [6.45, 7) is 0. The second kappa shape index (κ2) is 3.25. The van der Waals surface area contributed by atoms with Gasteiger partial charge in [0.2, 0.25) is 0 Å². The number of nitriles is 1. The van der Waals surface area contributed by atoms with Crippen molar-refractivity contribution in [2.24, 2.45) is 0 Å². The Balaban J connectivity index is 3.47. The maximum atomic E-state index is 12.8. The number of hydrogen-bond acceptors (Lipinski definition) is 1. The minimum Gasteiger partial charge on any atom is -0.207 e. The molecule has 0 amide bonds. The Kier molecular flexibility index (Phi) is 2.43. The zero-order chi connectivity index (χ0) is 10.9. The third-order valence-electron chi connectivity index (χ3n) is 1.46. The Labute approximate surface area is 75.4 Å². The van der Waals surface area contributed by atoms with Crippen LogP contribution in [0.15, 0.2) is 12.1 Å². The predicted molar refractivity (Wildman–Crippen MR) is 36.1 cm³/mol. The lowest BCUT2D eigenvalue weighted by molar-refractivity contribution is -0.140. The van der Waals surface area contributed by atoms with Crippen LogP contribution in [-0.4, -0.2) is 0 Å². The van der Waals surface area contributed by atoms with Gasteiger partial charge in [-0.1, -0.05) is 0 Å². The zero-order valence-corrected chi connectivity index (χ0v) is 6.49. The molecule has 0 fully saturated rings. The molecule has 1 rings (SSSR count). The van der Waals surface area contributed by atoms with E-state index in [2.05, 4.69) is 0 Å². The molecule has 0 atom stereocenters. The predicted octanol–water partition coefficient (Wildman–Crippen LogP) is 2.86. The first-order valence-corrected chi connectivity index (χ1v) is 3.32. The van der Waals surface area contributed by atoms with Crippen LogP contribution in [0, 0.1) is 23.0 Å². The summed E-state index contributed by atoms with van der Waals surface area (Å²) in [5.74, 6) is -3.04. The van der Waals surface area contributed by atoms with E-state index < -0.39 is 28.9 Å². The molecule has 0 N–H and O–H groups in total. The fraction of sp³-hybridized carbons (Fsp3) is 0.125. The van der Waals surface area contributed by atoms with E-state index >= 15 is 0 Å². The van der Waals surface area contributed by atoms with E-state index in [1.807, 2.05) is 0 Å². The van der Waals surface area contributed by atoms with E-state index in [9.17, 15) is 22.0 Å². The lowest BCUT2D eigenvalue weighted by Gasteiger charge is -2.08. The van der Waals surface area contributed by atoms with Crippen LogP contribution in [0.2, 0.25) is 0 Å². The second-order valence-corrected chi connectivity index (χ2v) is 2.42. The minimum atomic E-state index is -5.00. The average Bonchev–Trinajstić information content (AvgIpc) is 2.06. The Morgan fingerprint density at radius 1 is 1.14 bits per heavy atom. The number of benzene rings is 1. The molecular formula is C8H2F5N. The first-order valence-electron chi connectivity index (χ1n) is 3.32. The lowest BCUT2D eigenvalue weighted by Crippen LogP contribution is -2.10. The first-order chi connectivity index (χ1) is 6.36. The minimum absolute atomic E-state index is 0.0101. The Hall–Kier alpha value is -1.64. The van der Waals surface area contributed by atoms with Crippen molar-refractivity contribution in [3.63, 3.8) is 0 Å². The molecule has 0 bridgehead atoms. The quantitative estimate of drug-likeness (QED) is 0.600. The van der Waals surface area contributed by atoms with E-state index in [1.54, 1.807) is 0 Å². The molecule has 0 heterocycles. The van der Waals surface area contributed by atoms with Crippen molar-refractivity contribution < 1.29 is 22.0 Å². The summed E-state index contributed by atoms with van der Waals surface area (Å²) < 4.78 is 61.4. The maximum absolute atomic E-state index is 12.8. The van der Waals surface area contributed by atoms with Crippen molar-refractivity contribution in [1.29, 1.82) is 5.26 Å². The summed E-state index contributed by atoms with van der Waals surface area (Å²) in [5.41, 5.74) is -2.73. The summed E-state index contributed by atoms with van der Waals surface area (Å²) in [6.07, 6.45) is -5.00. The molecule has 0 aliphatic rings. The molecule has 0 aromatic heterocycles. The molecule has 1 nitrogen and oxygen atoms in total. The third kappa shape index (κ3) is 1.82. The highest BCUT2D eigenvalue weighted by atomic mass is 19.4. The highest BCUT2D eigenvalue weighted by molar-refractivity contribution is 5.36. The molecule has 0 aliphatic heterocycles. The van der Waals surface area contributed by atoms with Gasteiger partial charge in [-0.05, 0) is 12.1 Å². The van der Waals surface area contributed by atoms with Gasteiger partial charge in [-0.15, -0.1) is 0 Å². The van der Waals surface area contributed by atoms with E-state index in [-0.39, 0.29) is 6.07 Å². The summed E-state index contributed by atoms with van der Waals surface area (Å²) >= 11 is 0. The summed E-state index contributed by atoms with van der Waals surface area (Å²) in [6, 6.07) is 1.55. The fourth-order valence-corrected chi connectivity index (χ4v) is 0.877. The monoisotopic (exact) mass is 207 g/mol. The van der Waals surface area contributed by atoms with Crippen LogP contribution in [-0.2, 0) is 6.18 Å². The SMILES string of the molecule is N#Cc1cc(F)cc(C(F)(F)F)c1F. The van der Waals surface area contributed by atoms with Crippen molar-refractivity contribution in [3.05, 3.63) is 34.9 Å². The van der Waals surface area contributed by atoms with Crippen LogP contribution in [0.5, 0.6) is 0 Å². The normalized spacial score (nSPS) is 11.1. The van der Waals surface area contributed by atoms with Crippen molar-refractivity contribution in [3.8, 4) is 6.07 Å². The summed E-state index contributed by atoms with van der Waals surface area (Å²) in [7, 11) is 0. The smallest absolute Gasteiger partial charge is 0.207 e. The van der Waals surface area contributed by atoms with E-state index in [0.29, 0.717) is 6.07 Å². The van der Waals surface area contributed by atoms with Crippen LogP contribution in [0.25, 0.3) is 0 Å². The molecule has 0 saturated carbocycles. The van der Waals surface area contributed by atoms with E-state index in [4.69, 9.17) is 5.26 Å². The van der Waals surface area contributed by atoms with Gasteiger partial charge in [0.25, 0.3) is 0 Å². The van der Waals surface area contributed by atoms with Crippen LogP contribution in [0.4, 0.5) is 22.0 Å². The van der Waals surface area contributed by atoms with Crippen molar-refractivity contribution in [1.82, 2.24) is 0 Å². The molecular weight excluding hydrogens is 205 g/mol. The average molecular weight is 207 g/mol. The number of halogens is 5. The molecule has 1 aromatic rings. The Bertz CT molecular complexity index is 401. The molecule has 0 unspecified atom stereocenters. The van der Waals surface area contributed by atoms with Crippen LogP contribution >= 0.6 is 0 Å². The number of alkyl halides is 3. The van der Waals surface area contributed by atoms with Gasteiger partial charge in [-0.25, -0.2) is 8.78 Å². The van der Waals surface area contributed by atoms with Crippen LogP contribution < -0.4 is 0 Å². The largest absolute Gasteiger partial charge is 0.419 e. The number of rotatable bonds is 0. The van der Waals surface area contributed by atoms with Gasteiger partial charge in [0, 0.05) is 0 Å². The first kappa shape index (κ1) is 10.4. The fourth-order valence-electron chi connectivity index (χ4n) is 0.877. The lowest BCUT2D eigenvalue weighted by atomic mass is 10.1. The number of hydrogen-bond donors (Lipinski definition) is 0. The third-order valence-corrected chi connectivity index (χ3v) is 1.46. The van der Waals surface area contributed by atoms with Gasteiger partial charge in [-0.2, -0.15) is 18.4 Å². The molecule has 0 spiro atoms. The molecule has 14 heavy (non-hydrogen) atoms. The molecule has 1 aromatic carbocycles. The topological polar surface area (TPSA) is 23.8 Å². The van der Waals surface area contributed by atoms with Crippen molar-refractivity contribution in [2.75, 3.05) is 0 Å². The molecule has 0 saturated heterocycles. The molecule has 74 valence electrons. The van der Waals surface area contributed by atoms with Crippen molar-refractivity contribution >= 4 is 0 Å². The van der Waals surface area contributed by atoms with E-state index in [0.717, 1.165) is 6.07 Å². The van der Waals surface area contributed by atoms with Gasteiger partial charge < -0.3 is 0 Å². The standard InChI is InChI=1S/C8H2F5N/c9-5-1-4(3-14)7(10)6(2-5)8(11,12)13/h1-2H. The summed E-state index contributed by atoms with van der Waals surface area (Å²) in [4.78, 5) is 0. The van der Waals surface area contributed by atoms with Gasteiger partial charge in [-0.3, -0.25) is 0 Å². The number of nitrogens with zero attached hydrogens (tertiary/aromatic N) is 1. The van der Waals surface area contributed by atoms with Gasteiger partial charge >= 0.3 is 6.18 Å². The van der Waals surface area contributed by atoms with Crippen LogP contribution in [0.1, 0.15) is 11.1 Å². The zero-order valence-electron chi connectivity index (χ0n) is 6.49. The second-order valence-electron chi connectivity index (χ2n) is 2.42. The molecule has 0 aliphatic carbocycles. The van der Waals surface area contributed by atoms with Gasteiger partial charge in [0.15, 0.2) is 5.82 Å². The highest BCUT2D eigenvalue weighted by Gasteiger charge is 2.35.